The monoisotopic (exact) mass is 403 g/mol. The normalized spacial score (nSPS) is 11.3. The molecule has 3 aromatic rings. The number of aryl methyl sites for hydroxylation is 1. The Bertz CT molecular complexity index is 1040. The topological polar surface area (TPSA) is 81.7 Å². The zero-order valence-electron chi connectivity index (χ0n) is 16.6. The predicted octanol–water partition coefficient (Wildman–Crippen LogP) is 4.35. The number of hydrogen-bond donors (Lipinski definition) is 1. The minimum atomic E-state index is -1.17. The van der Waals surface area contributed by atoms with Crippen LogP contribution in [0.1, 0.15) is 37.9 Å². The van der Waals surface area contributed by atoms with Gasteiger partial charge in [0.1, 0.15) is 12.0 Å². The van der Waals surface area contributed by atoms with Crippen LogP contribution in [0, 0.1) is 6.92 Å². The van der Waals surface area contributed by atoms with Crippen molar-refractivity contribution in [2.75, 3.05) is 12.4 Å². The second-order valence-electron chi connectivity index (χ2n) is 6.63. The van der Waals surface area contributed by atoms with E-state index in [1.54, 1.807) is 36.4 Å². The lowest BCUT2D eigenvalue weighted by atomic mass is 10.1. The summed E-state index contributed by atoms with van der Waals surface area (Å²) in [5.74, 6) is -0.688. The second kappa shape index (κ2) is 9.52. The Labute approximate surface area is 174 Å². The zero-order valence-corrected chi connectivity index (χ0v) is 16.6. The van der Waals surface area contributed by atoms with Crippen molar-refractivity contribution >= 4 is 23.9 Å². The van der Waals surface area contributed by atoms with Crippen LogP contribution in [0.5, 0.6) is 5.75 Å². The van der Waals surface area contributed by atoms with Crippen molar-refractivity contribution in [3.8, 4) is 5.75 Å². The average molecular weight is 403 g/mol. The first kappa shape index (κ1) is 20.8. The fourth-order valence-corrected chi connectivity index (χ4v) is 2.89. The lowest BCUT2D eigenvalue weighted by molar-refractivity contribution is -0.125. The summed E-state index contributed by atoms with van der Waals surface area (Å²) in [6, 6.07) is 20.1. The number of nitrogens with one attached hydrogen (secondary N) is 1. The average Bonchev–Trinajstić information content (AvgIpc) is 2.78. The van der Waals surface area contributed by atoms with E-state index in [9.17, 15) is 14.4 Å². The van der Waals surface area contributed by atoms with Gasteiger partial charge in [-0.15, -0.1) is 0 Å². The van der Waals surface area contributed by atoms with Gasteiger partial charge in [-0.25, -0.2) is 4.79 Å². The van der Waals surface area contributed by atoms with Gasteiger partial charge in [-0.1, -0.05) is 48.5 Å². The first-order valence-corrected chi connectivity index (χ1v) is 9.28. The van der Waals surface area contributed by atoms with Crippen LogP contribution >= 0.6 is 0 Å². The van der Waals surface area contributed by atoms with Crippen molar-refractivity contribution in [1.82, 2.24) is 0 Å². The molecule has 1 atom stereocenters. The lowest BCUT2D eigenvalue weighted by Gasteiger charge is -2.19. The SMILES string of the molecule is COc1ccc(C)cc1NC(=O)[C@H](OC(=O)c1ccc(C=O)cc1)c1ccccc1. The highest BCUT2D eigenvalue weighted by molar-refractivity contribution is 5.99. The van der Waals surface area contributed by atoms with Gasteiger partial charge in [-0.2, -0.15) is 0 Å². The molecule has 0 fully saturated rings. The quantitative estimate of drug-likeness (QED) is 0.468. The standard InChI is InChI=1S/C24H21NO5/c1-16-8-13-21(29-2)20(14-16)25-23(27)22(18-6-4-3-5-7-18)30-24(28)19-11-9-17(15-26)10-12-19/h3-15,22H,1-2H3,(H,25,27)/t22-/m1/s1. The van der Waals surface area contributed by atoms with Crippen molar-refractivity contribution < 1.29 is 23.9 Å². The van der Waals surface area contributed by atoms with Crippen molar-refractivity contribution in [1.29, 1.82) is 0 Å². The van der Waals surface area contributed by atoms with Gasteiger partial charge >= 0.3 is 5.97 Å². The summed E-state index contributed by atoms with van der Waals surface area (Å²) < 4.78 is 10.9. The van der Waals surface area contributed by atoms with Crippen molar-refractivity contribution in [2.45, 2.75) is 13.0 Å². The van der Waals surface area contributed by atoms with Crippen LogP contribution in [-0.4, -0.2) is 25.3 Å². The molecule has 0 bridgehead atoms. The molecule has 0 aliphatic heterocycles. The molecule has 0 aromatic heterocycles. The van der Waals surface area contributed by atoms with Gasteiger partial charge in [0.05, 0.1) is 18.4 Å². The molecule has 3 aromatic carbocycles. The van der Waals surface area contributed by atoms with Crippen LogP contribution in [-0.2, 0) is 9.53 Å². The van der Waals surface area contributed by atoms with Gasteiger partial charge in [0.2, 0.25) is 6.10 Å². The number of amides is 1. The first-order valence-electron chi connectivity index (χ1n) is 9.28. The van der Waals surface area contributed by atoms with Gasteiger partial charge in [0.15, 0.2) is 0 Å². The minimum absolute atomic E-state index is 0.238. The molecule has 0 radical (unpaired) electrons. The molecule has 0 heterocycles. The van der Waals surface area contributed by atoms with Crippen molar-refractivity contribution in [3.63, 3.8) is 0 Å². The predicted molar refractivity (Wildman–Crippen MR) is 113 cm³/mol. The van der Waals surface area contributed by atoms with E-state index >= 15 is 0 Å². The van der Waals surface area contributed by atoms with Gasteiger partial charge in [-0.05, 0) is 36.8 Å². The molecule has 1 amide bonds. The summed E-state index contributed by atoms with van der Waals surface area (Å²) in [5.41, 5.74) is 2.63. The summed E-state index contributed by atoms with van der Waals surface area (Å²) in [6.07, 6.45) is -0.487. The Morgan fingerprint density at radius 1 is 0.967 bits per heavy atom. The molecule has 152 valence electrons. The summed E-state index contributed by atoms with van der Waals surface area (Å²) in [7, 11) is 1.51. The Hall–Kier alpha value is -3.93. The minimum Gasteiger partial charge on any atom is -0.495 e. The van der Waals surface area contributed by atoms with Crippen LogP contribution < -0.4 is 10.1 Å². The molecule has 0 aliphatic rings. The number of carbonyl (C=O) groups is 3. The maximum atomic E-state index is 13.1. The maximum absolute atomic E-state index is 13.1. The van der Waals surface area contributed by atoms with Gasteiger partial charge in [-0.3, -0.25) is 9.59 Å². The largest absolute Gasteiger partial charge is 0.495 e. The Balaban J connectivity index is 1.87. The Morgan fingerprint density at radius 3 is 2.30 bits per heavy atom. The summed E-state index contributed by atoms with van der Waals surface area (Å²) in [5, 5.41) is 2.79. The highest BCUT2D eigenvalue weighted by Gasteiger charge is 2.26. The third-order valence-corrected chi connectivity index (χ3v) is 4.46. The number of anilines is 1. The molecular weight excluding hydrogens is 382 g/mol. The molecule has 1 N–H and O–H groups in total. The fourth-order valence-electron chi connectivity index (χ4n) is 2.89. The van der Waals surface area contributed by atoms with E-state index in [1.165, 1.54) is 31.4 Å². The number of methoxy groups -OCH3 is 1. The molecule has 0 saturated heterocycles. The number of rotatable bonds is 7. The van der Waals surface area contributed by atoms with E-state index in [0.717, 1.165) is 5.56 Å². The van der Waals surface area contributed by atoms with Gasteiger partial charge in [0.25, 0.3) is 5.91 Å². The molecule has 6 nitrogen and oxygen atoms in total. The summed E-state index contributed by atoms with van der Waals surface area (Å²) >= 11 is 0. The van der Waals surface area contributed by atoms with E-state index in [1.807, 2.05) is 19.1 Å². The van der Waals surface area contributed by atoms with E-state index in [-0.39, 0.29) is 5.56 Å². The third-order valence-electron chi connectivity index (χ3n) is 4.46. The molecular formula is C24H21NO5. The summed E-state index contributed by atoms with van der Waals surface area (Å²) in [4.78, 5) is 36.5. The van der Waals surface area contributed by atoms with Crippen molar-refractivity contribution in [2.24, 2.45) is 0 Å². The van der Waals surface area contributed by atoms with E-state index in [4.69, 9.17) is 9.47 Å². The fraction of sp³-hybridized carbons (Fsp3) is 0.125. The smallest absolute Gasteiger partial charge is 0.339 e. The molecule has 0 saturated carbocycles. The van der Waals surface area contributed by atoms with E-state index < -0.39 is 18.0 Å². The number of benzene rings is 3. The third kappa shape index (κ3) is 4.91. The van der Waals surface area contributed by atoms with Crippen LogP contribution in [0.3, 0.4) is 0 Å². The van der Waals surface area contributed by atoms with E-state index in [2.05, 4.69) is 5.32 Å². The Kier molecular flexibility index (Phi) is 6.60. The highest BCUT2D eigenvalue weighted by atomic mass is 16.5. The van der Waals surface area contributed by atoms with Crippen LogP contribution in [0.4, 0.5) is 5.69 Å². The number of aldehydes is 1. The number of carbonyl (C=O) groups excluding carboxylic acids is 3. The number of esters is 1. The van der Waals surface area contributed by atoms with Gasteiger partial charge < -0.3 is 14.8 Å². The second-order valence-corrected chi connectivity index (χ2v) is 6.63. The zero-order chi connectivity index (χ0) is 21.5. The molecule has 3 rings (SSSR count). The number of hydrogen-bond acceptors (Lipinski definition) is 5. The lowest BCUT2D eigenvalue weighted by Crippen LogP contribution is -2.26. The van der Waals surface area contributed by atoms with Crippen molar-refractivity contribution in [3.05, 3.63) is 95.1 Å². The Morgan fingerprint density at radius 2 is 1.67 bits per heavy atom. The highest BCUT2D eigenvalue weighted by Crippen LogP contribution is 2.28. The van der Waals surface area contributed by atoms with Crippen LogP contribution in [0.25, 0.3) is 0 Å². The molecule has 0 unspecified atom stereocenters. The number of ether oxygens (including phenoxy) is 2. The van der Waals surface area contributed by atoms with Crippen LogP contribution in [0.2, 0.25) is 0 Å². The molecule has 0 spiro atoms. The first-order chi connectivity index (χ1) is 14.5. The molecule has 6 heteroatoms. The van der Waals surface area contributed by atoms with Crippen LogP contribution in [0.15, 0.2) is 72.8 Å². The van der Waals surface area contributed by atoms with Gasteiger partial charge in [0, 0.05) is 11.1 Å². The molecule has 0 aliphatic carbocycles. The summed E-state index contributed by atoms with van der Waals surface area (Å²) in [6.45, 7) is 1.90. The van der Waals surface area contributed by atoms with E-state index in [0.29, 0.717) is 28.8 Å². The maximum Gasteiger partial charge on any atom is 0.339 e. The molecule has 30 heavy (non-hydrogen) atoms.